The highest BCUT2D eigenvalue weighted by molar-refractivity contribution is 6.34. The topological polar surface area (TPSA) is 58.7 Å². The first kappa shape index (κ1) is 11.8. The maximum atomic E-state index is 11.8. The number of urea groups is 1. The van der Waals surface area contributed by atoms with Crippen molar-refractivity contribution in [2.75, 3.05) is 0 Å². The van der Waals surface area contributed by atoms with E-state index < -0.39 is 0 Å². The molecule has 0 saturated heterocycles. The number of carbonyl (C=O) groups is 1. The maximum Gasteiger partial charge on any atom is 0.346 e. The van der Waals surface area contributed by atoms with Crippen LogP contribution in [0, 0.1) is 0 Å². The van der Waals surface area contributed by atoms with E-state index in [1.807, 2.05) is 0 Å². The Morgan fingerprint density at radius 2 is 2.06 bits per heavy atom. The van der Waals surface area contributed by atoms with Crippen molar-refractivity contribution in [2.24, 2.45) is 10.7 Å². The molecule has 1 aromatic carbocycles. The van der Waals surface area contributed by atoms with E-state index in [0.717, 1.165) is 18.4 Å². The molecule has 2 amide bonds. The van der Waals surface area contributed by atoms with Gasteiger partial charge in [-0.3, -0.25) is 0 Å². The van der Waals surface area contributed by atoms with E-state index in [1.54, 1.807) is 23.1 Å². The minimum atomic E-state index is -0.379. The van der Waals surface area contributed by atoms with E-state index in [-0.39, 0.29) is 24.0 Å². The molecule has 1 saturated carbocycles. The number of halogens is 2. The molecule has 6 heteroatoms. The quantitative estimate of drug-likeness (QED) is 0.907. The van der Waals surface area contributed by atoms with Crippen LogP contribution in [0.3, 0.4) is 0 Å². The standard InChI is InChI=1S/C12H11Cl2N3O/c13-6-1-4-9(14)8(5-6)10-11(15)16-12(18)17(10)7-2-3-7/h1,4-5,7,10H,2-3H2,(H2,15,16,18). The van der Waals surface area contributed by atoms with Crippen molar-refractivity contribution in [2.45, 2.75) is 24.9 Å². The Morgan fingerprint density at radius 3 is 2.72 bits per heavy atom. The average Bonchev–Trinajstić information content (AvgIpc) is 3.09. The summed E-state index contributed by atoms with van der Waals surface area (Å²) in [5.74, 6) is 0.288. The van der Waals surface area contributed by atoms with Gasteiger partial charge >= 0.3 is 6.03 Å². The Bertz CT molecular complexity index is 554. The molecule has 0 bridgehead atoms. The van der Waals surface area contributed by atoms with Crippen molar-refractivity contribution in [1.82, 2.24) is 4.90 Å². The number of aliphatic imine (C=N–C) groups is 1. The van der Waals surface area contributed by atoms with Gasteiger partial charge < -0.3 is 10.6 Å². The van der Waals surface area contributed by atoms with Crippen molar-refractivity contribution in [3.8, 4) is 0 Å². The molecule has 1 heterocycles. The Labute approximate surface area is 114 Å². The van der Waals surface area contributed by atoms with Crippen molar-refractivity contribution in [3.63, 3.8) is 0 Å². The smallest absolute Gasteiger partial charge is 0.346 e. The van der Waals surface area contributed by atoms with Crippen molar-refractivity contribution < 1.29 is 4.79 Å². The average molecular weight is 284 g/mol. The second-order valence-corrected chi connectivity index (χ2v) is 5.37. The van der Waals surface area contributed by atoms with Crippen LogP contribution in [0.5, 0.6) is 0 Å². The maximum absolute atomic E-state index is 11.8. The molecule has 1 aromatic rings. The molecule has 1 atom stereocenters. The number of nitrogens with zero attached hydrogens (tertiary/aromatic N) is 2. The highest BCUT2D eigenvalue weighted by Gasteiger charge is 2.44. The van der Waals surface area contributed by atoms with Gasteiger partial charge in [0.25, 0.3) is 0 Å². The molecule has 1 fully saturated rings. The number of hydrogen-bond donors (Lipinski definition) is 1. The summed E-state index contributed by atoms with van der Waals surface area (Å²) >= 11 is 12.2. The predicted molar refractivity (Wildman–Crippen MR) is 71.1 cm³/mol. The lowest BCUT2D eigenvalue weighted by atomic mass is 10.1. The van der Waals surface area contributed by atoms with Crippen LogP contribution in [-0.2, 0) is 0 Å². The van der Waals surface area contributed by atoms with Crippen LogP contribution in [0.25, 0.3) is 0 Å². The van der Waals surface area contributed by atoms with Gasteiger partial charge in [0, 0.05) is 21.7 Å². The summed E-state index contributed by atoms with van der Waals surface area (Å²) in [4.78, 5) is 17.4. The largest absolute Gasteiger partial charge is 0.385 e. The van der Waals surface area contributed by atoms with E-state index in [2.05, 4.69) is 4.99 Å². The molecule has 2 aliphatic rings. The number of amidine groups is 1. The van der Waals surface area contributed by atoms with Gasteiger partial charge in [-0.05, 0) is 31.0 Å². The Balaban J connectivity index is 2.05. The molecular weight excluding hydrogens is 273 g/mol. The number of benzene rings is 1. The zero-order valence-corrected chi connectivity index (χ0v) is 10.9. The van der Waals surface area contributed by atoms with Crippen molar-refractivity contribution >= 4 is 35.1 Å². The molecule has 2 N–H and O–H groups in total. The Kier molecular flexibility index (Phi) is 2.72. The molecule has 3 rings (SSSR count). The van der Waals surface area contributed by atoms with Gasteiger partial charge in [0.1, 0.15) is 11.9 Å². The summed E-state index contributed by atoms with van der Waals surface area (Å²) in [5.41, 5.74) is 6.60. The third-order valence-electron chi connectivity index (χ3n) is 3.20. The summed E-state index contributed by atoms with van der Waals surface area (Å²) in [6.07, 6.45) is 1.98. The first-order chi connectivity index (χ1) is 8.58. The zero-order valence-electron chi connectivity index (χ0n) is 9.44. The van der Waals surface area contributed by atoms with Crippen LogP contribution in [-0.4, -0.2) is 22.8 Å². The predicted octanol–water partition coefficient (Wildman–Crippen LogP) is 2.99. The van der Waals surface area contributed by atoms with Crippen LogP contribution in [0.4, 0.5) is 4.79 Å². The van der Waals surface area contributed by atoms with E-state index in [4.69, 9.17) is 28.9 Å². The molecule has 1 aliphatic carbocycles. The van der Waals surface area contributed by atoms with Gasteiger partial charge in [0.15, 0.2) is 0 Å². The first-order valence-electron chi connectivity index (χ1n) is 5.69. The van der Waals surface area contributed by atoms with Gasteiger partial charge in [-0.1, -0.05) is 23.2 Å². The lowest BCUT2D eigenvalue weighted by Gasteiger charge is -2.25. The Hall–Kier alpha value is -1.26. The summed E-state index contributed by atoms with van der Waals surface area (Å²) in [5, 5.41) is 1.11. The second kappa shape index (κ2) is 4.14. The van der Waals surface area contributed by atoms with E-state index in [0.29, 0.717) is 10.0 Å². The van der Waals surface area contributed by atoms with E-state index in [1.165, 1.54) is 0 Å². The van der Waals surface area contributed by atoms with Crippen molar-refractivity contribution in [3.05, 3.63) is 33.8 Å². The summed E-state index contributed by atoms with van der Waals surface area (Å²) < 4.78 is 0. The first-order valence-corrected chi connectivity index (χ1v) is 6.45. The van der Waals surface area contributed by atoms with Gasteiger partial charge in [0.05, 0.1) is 0 Å². The van der Waals surface area contributed by atoms with Crippen LogP contribution < -0.4 is 5.73 Å². The molecule has 1 aliphatic heterocycles. The fourth-order valence-electron chi connectivity index (χ4n) is 2.24. The molecular formula is C12H11Cl2N3O. The number of amides is 2. The molecule has 0 aromatic heterocycles. The van der Waals surface area contributed by atoms with Crippen molar-refractivity contribution in [1.29, 1.82) is 0 Å². The van der Waals surface area contributed by atoms with Crippen LogP contribution in [0.1, 0.15) is 24.4 Å². The number of rotatable bonds is 2. The lowest BCUT2D eigenvalue weighted by molar-refractivity contribution is 0.203. The normalized spacial score (nSPS) is 23.4. The SMILES string of the molecule is NC1=NC(=O)N(C2CC2)C1c1cc(Cl)ccc1Cl. The molecule has 0 radical (unpaired) electrons. The third kappa shape index (κ3) is 1.85. The van der Waals surface area contributed by atoms with Gasteiger partial charge in [-0.15, -0.1) is 0 Å². The highest BCUT2D eigenvalue weighted by Crippen LogP contribution is 2.40. The number of carbonyl (C=O) groups excluding carboxylic acids is 1. The van der Waals surface area contributed by atoms with Gasteiger partial charge in [0.2, 0.25) is 0 Å². The summed E-state index contributed by atoms with van der Waals surface area (Å²) in [7, 11) is 0. The van der Waals surface area contributed by atoms with E-state index in [9.17, 15) is 4.79 Å². The summed E-state index contributed by atoms with van der Waals surface area (Å²) in [6.45, 7) is 0. The molecule has 4 nitrogen and oxygen atoms in total. The molecule has 18 heavy (non-hydrogen) atoms. The third-order valence-corrected chi connectivity index (χ3v) is 3.78. The molecule has 94 valence electrons. The monoisotopic (exact) mass is 283 g/mol. The lowest BCUT2D eigenvalue weighted by Crippen LogP contribution is -2.35. The van der Waals surface area contributed by atoms with Crippen LogP contribution in [0.2, 0.25) is 10.0 Å². The minimum absolute atomic E-state index is 0.224. The highest BCUT2D eigenvalue weighted by atomic mass is 35.5. The van der Waals surface area contributed by atoms with Gasteiger partial charge in [-0.2, -0.15) is 4.99 Å². The van der Waals surface area contributed by atoms with Gasteiger partial charge in [-0.25, -0.2) is 4.79 Å². The zero-order chi connectivity index (χ0) is 12.9. The molecule has 1 unspecified atom stereocenters. The fraction of sp³-hybridized carbons (Fsp3) is 0.333. The van der Waals surface area contributed by atoms with Crippen LogP contribution in [0.15, 0.2) is 23.2 Å². The Morgan fingerprint density at radius 1 is 1.33 bits per heavy atom. The number of hydrogen-bond acceptors (Lipinski definition) is 2. The minimum Gasteiger partial charge on any atom is -0.385 e. The second-order valence-electron chi connectivity index (χ2n) is 4.53. The number of nitrogens with two attached hydrogens (primary N) is 1. The molecule has 0 spiro atoms. The van der Waals surface area contributed by atoms with Crippen LogP contribution >= 0.6 is 23.2 Å². The van der Waals surface area contributed by atoms with E-state index >= 15 is 0 Å². The summed E-state index contributed by atoms with van der Waals surface area (Å²) in [6, 6.07) is 4.72. The fourth-order valence-corrected chi connectivity index (χ4v) is 2.64.